The summed E-state index contributed by atoms with van der Waals surface area (Å²) >= 11 is 0. The SMILES string of the molecule is Cc1cc(Nc2cccc(OC(=O)C(C)C)c2)ncn1. The molecule has 2 rings (SSSR count). The van der Waals surface area contributed by atoms with E-state index >= 15 is 0 Å². The quantitative estimate of drug-likeness (QED) is 0.684. The summed E-state index contributed by atoms with van der Waals surface area (Å²) in [5.74, 6) is 0.806. The van der Waals surface area contributed by atoms with Gasteiger partial charge in [-0.05, 0) is 19.1 Å². The molecule has 0 unspecified atom stereocenters. The highest BCUT2D eigenvalue weighted by Crippen LogP contribution is 2.21. The molecule has 0 aliphatic carbocycles. The summed E-state index contributed by atoms with van der Waals surface area (Å²) in [6, 6.07) is 9.05. The van der Waals surface area contributed by atoms with Crippen molar-refractivity contribution in [1.29, 1.82) is 0 Å². The maximum absolute atomic E-state index is 11.6. The first-order valence-corrected chi connectivity index (χ1v) is 6.42. The zero-order chi connectivity index (χ0) is 14.5. The number of carbonyl (C=O) groups excluding carboxylic acids is 1. The monoisotopic (exact) mass is 271 g/mol. The average molecular weight is 271 g/mol. The first-order chi connectivity index (χ1) is 9.54. The van der Waals surface area contributed by atoms with E-state index in [1.807, 2.05) is 25.1 Å². The number of benzene rings is 1. The molecular weight excluding hydrogens is 254 g/mol. The molecule has 0 spiro atoms. The van der Waals surface area contributed by atoms with Crippen molar-refractivity contribution >= 4 is 17.5 Å². The molecular formula is C15H17N3O2. The summed E-state index contributed by atoms with van der Waals surface area (Å²) in [7, 11) is 0. The molecule has 0 radical (unpaired) electrons. The molecule has 1 N–H and O–H groups in total. The number of aryl methyl sites for hydroxylation is 1. The fourth-order valence-electron chi connectivity index (χ4n) is 1.54. The standard InChI is InChI=1S/C15H17N3O2/c1-10(2)15(19)20-13-6-4-5-12(8-13)18-14-7-11(3)16-9-17-14/h4-10H,1-3H3,(H,16,17,18). The van der Waals surface area contributed by atoms with Gasteiger partial charge >= 0.3 is 5.97 Å². The molecule has 0 saturated heterocycles. The van der Waals surface area contributed by atoms with Crippen molar-refractivity contribution in [3.8, 4) is 5.75 Å². The van der Waals surface area contributed by atoms with Gasteiger partial charge in [0.25, 0.3) is 0 Å². The third-order valence-electron chi connectivity index (χ3n) is 2.60. The molecule has 1 aromatic heterocycles. The minimum atomic E-state index is -0.250. The van der Waals surface area contributed by atoms with Gasteiger partial charge in [-0.2, -0.15) is 0 Å². The Kier molecular flexibility index (Phi) is 4.30. The predicted molar refractivity (Wildman–Crippen MR) is 77.0 cm³/mol. The lowest BCUT2D eigenvalue weighted by Gasteiger charge is -2.09. The lowest BCUT2D eigenvalue weighted by molar-refractivity contribution is -0.137. The van der Waals surface area contributed by atoms with Gasteiger partial charge in [0.1, 0.15) is 17.9 Å². The molecule has 1 aromatic carbocycles. The number of hydrogen-bond donors (Lipinski definition) is 1. The van der Waals surface area contributed by atoms with E-state index in [1.165, 1.54) is 6.33 Å². The van der Waals surface area contributed by atoms with Gasteiger partial charge in [-0.3, -0.25) is 4.79 Å². The number of carbonyl (C=O) groups is 1. The molecule has 0 amide bonds. The number of ether oxygens (including phenoxy) is 1. The van der Waals surface area contributed by atoms with Crippen molar-refractivity contribution in [3.63, 3.8) is 0 Å². The van der Waals surface area contributed by atoms with Crippen molar-refractivity contribution in [2.45, 2.75) is 20.8 Å². The van der Waals surface area contributed by atoms with E-state index < -0.39 is 0 Å². The Labute approximate surface area is 118 Å². The zero-order valence-corrected chi connectivity index (χ0v) is 11.8. The highest BCUT2D eigenvalue weighted by molar-refractivity contribution is 5.74. The Morgan fingerprint density at radius 1 is 1.25 bits per heavy atom. The van der Waals surface area contributed by atoms with Crippen LogP contribution >= 0.6 is 0 Å². The van der Waals surface area contributed by atoms with Crippen LogP contribution in [0.4, 0.5) is 11.5 Å². The number of esters is 1. The van der Waals surface area contributed by atoms with Gasteiger partial charge in [-0.15, -0.1) is 0 Å². The van der Waals surface area contributed by atoms with Crippen molar-refractivity contribution in [3.05, 3.63) is 42.4 Å². The normalized spacial score (nSPS) is 10.4. The molecule has 0 aliphatic rings. The Morgan fingerprint density at radius 3 is 2.75 bits per heavy atom. The van der Waals surface area contributed by atoms with Crippen LogP contribution in [0.5, 0.6) is 5.75 Å². The van der Waals surface area contributed by atoms with E-state index in [0.29, 0.717) is 11.6 Å². The van der Waals surface area contributed by atoms with Gasteiger partial charge < -0.3 is 10.1 Å². The van der Waals surface area contributed by atoms with Crippen molar-refractivity contribution in [2.24, 2.45) is 5.92 Å². The molecule has 5 nitrogen and oxygen atoms in total. The Bertz CT molecular complexity index is 612. The van der Waals surface area contributed by atoms with E-state index in [1.54, 1.807) is 26.0 Å². The van der Waals surface area contributed by atoms with Crippen LogP contribution in [-0.4, -0.2) is 15.9 Å². The number of anilines is 2. The number of nitrogens with zero attached hydrogens (tertiary/aromatic N) is 2. The maximum atomic E-state index is 11.6. The van der Waals surface area contributed by atoms with Crippen LogP contribution in [-0.2, 0) is 4.79 Å². The molecule has 2 aromatic rings. The van der Waals surface area contributed by atoms with Crippen molar-refractivity contribution in [2.75, 3.05) is 5.32 Å². The largest absolute Gasteiger partial charge is 0.426 e. The van der Waals surface area contributed by atoms with Crippen LogP contribution < -0.4 is 10.1 Å². The molecule has 104 valence electrons. The third-order valence-corrected chi connectivity index (χ3v) is 2.60. The second-order valence-corrected chi connectivity index (χ2v) is 4.77. The molecule has 0 bridgehead atoms. The van der Waals surface area contributed by atoms with Crippen LogP contribution in [0.3, 0.4) is 0 Å². The smallest absolute Gasteiger partial charge is 0.313 e. The highest BCUT2D eigenvalue weighted by atomic mass is 16.5. The summed E-state index contributed by atoms with van der Waals surface area (Å²) < 4.78 is 5.27. The molecule has 1 heterocycles. The minimum Gasteiger partial charge on any atom is -0.426 e. The maximum Gasteiger partial charge on any atom is 0.313 e. The van der Waals surface area contributed by atoms with Gasteiger partial charge in [-0.25, -0.2) is 9.97 Å². The number of nitrogens with one attached hydrogen (secondary N) is 1. The lowest BCUT2D eigenvalue weighted by atomic mass is 10.2. The summed E-state index contributed by atoms with van der Waals surface area (Å²) in [5.41, 5.74) is 1.68. The topological polar surface area (TPSA) is 64.1 Å². The Balaban J connectivity index is 2.12. The first-order valence-electron chi connectivity index (χ1n) is 6.42. The van der Waals surface area contributed by atoms with E-state index in [9.17, 15) is 4.79 Å². The average Bonchev–Trinajstić information content (AvgIpc) is 2.39. The van der Waals surface area contributed by atoms with Gasteiger partial charge in [0.15, 0.2) is 0 Å². The van der Waals surface area contributed by atoms with Crippen LogP contribution in [0.25, 0.3) is 0 Å². The third kappa shape index (κ3) is 3.78. The van der Waals surface area contributed by atoms with Gasteiger partial charge in [-0.1, -0.05) is 19.9 Å². The van der Waals surface area contributed by atoms with Crippen LogP contribution in [0.15, 0.2) is 36.7 Å². The molecule has 0 saturated carbocycles. The van der Waals surface area contributed by atoms with Gasteiger partial charge in [0, 0.05) is 23.5 Å². The number of hydrogen-bond acceptors (Lipinski definition) is 5. The van der Waals surface area contributed by atoms with Gasteiger partial charge in [0.2, 0.25) is 0 Å². The lowest BCUT2D eigenvalue weighted by Crippen LogP contribution is -2.14. The van der Waals surface area contributed by atoms with Crippen LogP contribution in [0.2, 0.25) is 0 Å². The Hall–Kier alpha value is -2.43. The van der Waals surface area contributed by atoms with Crippen molar-refractivity contribution < 1.29 is 9.53 Å². The number of rotatable bonds is 4. The summed E-state index contributed by atoms with van der Waals surface area (Å²) in [5, 5.41) is 3.15. The summed E-state index contributed by atoms with van der Waals surface area (Å²) in [4.78, 5) is 19.7. The predicted octanol–water partition coefficient (Wildman–Crippen LogP) is 3.09. The fourth-order valence-corrected chi connectivity index (χ4v) is 1.54. The second kappa shape index (κ2) is 6.14. The fraction of sp³-hybridized carbons (Fsp3) is 0.267. The minimum absolute atomic E-state index is 0.156. The first kappa shape index (κ1) is 14.0. The summed E-state index contributed by atoms with van der Waals surface area (Å²) in [6.45, 7) is 5.50. The van der Waals surface area contributed by atoms with E-state index in [4.69, 9.17) is 4.74 Å². The summed E-state index contributed by atoms with van der Waals surface area (Å²) in [6.07, 6.45) is 1.50. The number of aromatic nitrogens is 2. The van der Waals surface area contributed by atoms with Gasteiger partial charge in [0.05, 0.1) is 5.92 Å². The van der Waals surface area contributed by atoms with Crippen LogP contribution in [0, 0.1) is 12.8 Å². The van der Waals surface area contributed by atoms with E-state index in [-0.39, 0.29) is 11.9 Å². The Morgan fingerprint density at radius 2 is 2.05 bits per heavy atom. The molecule has 5 heteroatoms. The highest BCUT2D eigenvalue weighted by Gasteiger charge is 2.09. The van der Waals surface area contributed by atoms with E-state index in [2.05, 4.69) is 15.3 Å². The van der Waals surface area contributed by atoms with E-state index in [0.717, 1.165) is 11.4 Å². The molecule has 0 fully saturated rings. The molecule has 0 aliphatic heterocycles. The molecule has 20 heavy (non-hydrogen) atoms. The van der Waals surface area contributed by atoms with Crippen LogP contribution in [0.1, 0.15) is 19.5 Å². The van der Waals surface area contributed by atoms with Crippen molar-refractivity contribution in [1.82, 2.24) is 9.97 Å². The zero-order valence-electron chi connectivity index (χ0n) is 11.8. The molecule has 0 atom stereocenters. The second-order valence-electron chi connectivity index (χ2n) is 4.77.